The van der Waals surface area contributed by atoms with Crippen LogP contribution in [0.4, 0.5) is 5.95 Å². The van der Waals surface area contributed by atoms with Crippen LogP contribution in [0.5, 0.6) is 5.75 Å². The lowest BCUT2D eigenvalue weighted by Gasteiger charge is -2.39. The van der Waals surface area contributed by atoms with Gasteiger partial charge in [0, 0.05) is 39.1 Å². The van der Waals surface area contributed by atoms with Crippen LogP contribution < -0.4 is 10.1 Å². The Balaban J connectivity index is 1.65. The molecule has 2 aliphatic heterocycles. The largest absolute Gasteiger partial charge is 0.480 e. The number of hydrogen-bond acceptors (Lipinski definition) is 5. The van der Waals surface area contributed by atoms with E-state index < -0.39 is 6.10 Å². The number of nitrogens with zero attached hydrogens (tertiary/aromatic N) is 4. The Morgan fingerprint density at radius 1 is 1.03 bits per heavy atom. The van der Waals surface area contributed by atoms with Crippen molar-refractivity contribution in [2.75, 3.05) is 5.32 Å². The summed E-state index contributed by atoms with van der Waals surface area (Å²) >= 11 is 12.8. The molecule has 0 fully saturated rings. The van der Waals surface area contributed by atoms with E-state index in [4.69, 9.17) is 27.9 Å². The van der Waals surface area contributed by atoms with E-state index in [0.29, 0.717) is 16.0 Å². The molecule has 2 aromatic carbocycles. The van der Waals surface area contributed by atoms with Crippen LogP contribution >= 0.6 is 23.2 Å². The fourth-order valence-corrected chi connectivity index (χ4v) is 4.76. The van der Waals surface area contributed by atoms with Crippen molar-refractivity contribution in [3.05, 3.63) is 106 Å². The smallest absolute Gasteiger partial charge is 0.226 e. The third-order valence-corrected chi connectivity index (χ3v) is 6.13. The van der Waals surface area contributed by atoms with Crippen molar-refractivity contribution in [2.45, 2.75) is 12.1 Å². The van der Waals surface area contributed by atoms with Gasteiger partial charge in [0.1, 0.15) is 18.1 Å². The Kier molecular flexibility index (Phi) is 4.23. The number of rotatable bonds is 2. The predicted molar refractivity (Wildman–Crippen MR) is 119 cm³/mol. The molecule has 4 heterocycles. The Labute approximate surface area is 188 Å². The standard InChI is InChI=1S/C23H15Cl2N5O/c24-14-7-8-15(17(25)10-14)22-19-20(16-5-1-2-6-18(16)31-22)29-23-27-12-28-30(23)21(19)13-4-3-9-26-11-13/h1-12,21-22H,(H,27,28,29). The van der Waals surface area contributed by atoms with Crippen molar-refractivity contribution in [1.82, 2.24) is 19.7 Å². The van der Waals surface area contributed by atoms with Gasteiger partial charge in [-0.1, -0.05) is 47.5 Å². The summed E-state index contributed by atoms with van der Waals surface area (Å²) in [6.45, 7) is 0. The van der Waals surface area contributed by atoms with E-state index in [1.54, 1.807) is 18.6 Å². The molecule has 2 aliphatic rings. The van der Waals surface area contributed by atoms with Crippen molar-refractivity contribution in [3.8, 4) is 5.75 Å². The van der Waals surface area contributed by atoms with E-state index in [1.165, 1.54) is 0 Å². The van der Waals surface area contributed by atoms with E-state index in [1.807, 2.05) is 59.4 Å². The van der Waals surface area contributed by atoms with Crippen molar-refractivity contribution in [3.63, 3.8) is 0 Å². The number of benzene rings is 2. The van der Waals surface area contributed by atoms with Crippen molar-refractivity contribution >= 4 is 34.8 Å². The van der Waals surface area contributed by atoms with Gasteiger partial charge in [-0.25, -0.2) is 4.68 Å². The number of nitrogens with one attached hydrogen (secondary N) is 1. The van der Waals surface area contributed by atoms with Gasteiger partial charge in [0.2, 0.25) is 5.95 Å². The molecule has 0 amide bonds. The maximum absolute atomic E-state index is 6.64. The summed E-state index contributed by atoms with van der Waals surface area (Å²) in [5, 5.41) is 9.07. The number of aromatic nitrogens is 4. The quantitative estimate of drug-likeness (QED) is 0.436. The third kappa shape index (κ3) is 2.91. The number of ether oxygens (including phenoxy) is 1. The van der Waals surface area contributed by atoms with Gasteiger partial charge < -0.3 is 10.1 Å². The molecule has 2 aromatic heterocycles. The van der Waals surface area contributed by atoms with Crippen LogP contribution in [0.2, 0.25) is 10.0 Å². The Morgan fingerprint density at radius 3 is 2.77 bits per heavy atom. The van der Waals surface area contributed by atoms with Crippen molar-refractivity contribution < 1.29 is 4.74 Å². The van der Waals surface area contributed by atoms with E-state index >= 15 is 0 Å². The van der Waals surface area contributed by atoms with Gasteiger partial charge in [0.15, 0.2) is 6.10 Å². The fourth-order valence-electron chi connectivity index (χ4n) is 4.25. The third-order valence-electron chi connectivity index (χ3n) is 5.57. The summed E-state index contributed by atoms with van der Waals surface area (Å²) in [7, 11) is 0. The summed E-state index contributed by atoms with van der Waals surface area (Å²) in [5.74, 6) is 1.42. The molecule has 1 N–H and O–H groups in total. The zero-order valence-corrected chi connectivity index (χ0v) is 17.5. The van der Waals surface area contributed by atoms with Crippen LogP contribution in [0, 0.1) is 0 Å². The van der Waals surface area contributed by atoms with Gasteiger partial charge in [-0.2, -0.15) is 10.1 Å². The average molecular weight is 448 g/mol. The van der Waals surface area contributed by atoms with Crippen molar-refractivity contribution in [2.24, 2.45) is 0 Å². The van der Waals surface area contributed by atoms with Gasteiger partial charge in [0.25, 0.3) is 0 Å². The van der Waals surface area contributed by atoms with Gasteiger partial charge in [-0.3, -0.25) is 4.98 Å². The lowest BCUT2D eigenvalue weighted by atomic mass is 9.85. The Morgan fingerprint density at radius 2 is 1.94 bits per heavy atom. The molecule has 6 rings (SSSR count). The SMILES string of the molecule is Clc1ccc(C2Oc3ccccc3C3=C2C(c2cccnc2)n2ncnc2N3)c(Cl)c1. The first kappa shape index (κ1) is 18.4. The molecular formula is C23H15Cl2N5O. The van der Waals surface area contributed by atoms with Crippen LogP contribution in [0.25, 0.3) is 5.70 Å². The molecule has 6 nitrogen and oxygen atoms in total. The van der Waals surface area contributed by atoms with Gasteiger partial charge in [-0.05, 0) is 35.9 Å². The summed E-state index contributed by atoms with van der Waals surface area (Å²) in [5.41, 5.74) is 4.68. The molecule has 0 saturated heterocycles. The van der Waals surface area contributed by atoms with Crippen LogP contribution in [0.3, 0.4) is 0 Å². The van der Waals surface area contributed by atoms with Crippen LogP contribution in [-0.4, -0.2) is 19.7 Å². The zero-order chi connectivity index (χ0) is 20.9. The normalized spacial score (nSPS) is 19.0. The minimum Gasteiger partial charge on any atom is -0.480 e. The minimum absolute atomic E-state index is 0.271. The summed E-state index contributed by atoms with van der Waals surface area (Å²) in [4.78, 5) is 8.76. The molecule has 152 valence electrons. The maximum Gasteiger partial charge on any atom is 0.226 e. The molecule has 0 saturated carbocycles. The number of para-hydroxylation sites is 1. The maximum atomic E-state index is 6.64. The molecule has 8 heteroatoms. The highest BCUT2D eigenvalue weighted by Crippen LogP contribution is 2.51. The van der Waals surface area contributed by atoms with Gasteiger partial charge >= 0.3 is 0 Å². The van der Waals surface area contributed by atoms with Crippen LogP contribution in [-0.2, 0) is 0 Å². The highest BCUT2D eigenvalue weighted by atomic mass is 35.5. The summed E-state index contributed by atoms with van der Waals surface area (Å²) in [6, 6.07) is 17.1. The lowest BCUT2D eigenvalue weighted by Crippen LogP contribution is -2.32. The number of fused-ring (bicyclic) bond motifs is 3. The second-order valence-corrected chi connectivity index (χ2v) is 8.18. The highest BCUT2D eigenvalue weighted by Gasteiger charge is 2.41. The molecule has 0 aliphatic carbocycles. The molecule has 31 heavy (non-hydrogen) atoms. The van der Waals surface area contributed by atoms with E-state index in [-0.39, 0.29) is 6.04 Å². The monoisotopic (exact) mass is 447 g/mol. The van der Waals surface area contributed by atoms with Crippen molar-refractivity contribution in [1.29, 1.82) is 0 Å². The second kappa shape index (κ2) is 7.11. The van der Waals surface area contributed by atoms with Gasteiger partial charge in [0.05, 0.1) is 5.70 Å². The molecule has 2 atom stereocenters. The topological polar surface area (TPSA) is 64.9 Å². The minimum atomic E-state index is -0.454. The Hall–Kier alpha value is -3.35. The van der Waals surface area contributed by atoms with Crippen LogP contribution in [0.1, 0.15) is 28.8 Å². The molecule has 4 aromatic rings. The lowest BCUT2D eigenvalue weighted by molar-refractivity contribution is 0.223. The fraction of sp³-hybridized carbons (Fsp3) is 0.0870. The molecule has 2 unspecified atom stereocenters. The summed E-state index contributed by atoms with van der Waals surface area (Å²) in [6.07, 6.45) is 4.68. The average Bonchev–Trinajstić information content (AvgIpc) is 3.26. The van der Waals surface area contributed by atoms with E-state index in [9.17, 15) is 0 Å². The zero-order valence-electron chi connectivity index (χ0n) is 16.0. The van der Waals surface area contributed by atoms with E-state index in [2.05, 4.69) is 20.4 Å². The van der Waals surface area contributed by atoms with E-state index in [0.717, 1.165) is 33.7 Å². The number of halogens is 2. The number of anilines is 1. The Bertz CT molecular complexity index is 1330. The number of hydrogen-bond donors (Lipinski definition) is 1. The van der Waals surface area contributed by atoms with Gasteiger partial charge in [-0.15, -0.1) is 0 Å². The number of pyridine rings is 1. The molecule has 0 radical (unpaired) electrons. The predicted octanol–water partition coefficient (Wildman–Crippen LogP) is 5.54. The molecule has 0 spiro atoms. The molecular weight excluding hydrogens is 433 g/mol. The highest BCUT2D eigenvalue weighted by molar-refractivity contribution is 6.35. The second-order valence-electron chi connectivity index (χ2n) is 7.33. The summed E-state index contributed by atoms with van der Waals surface area (Å²) < 4.78 is 8.40. The first-order valence-electron chi connectivity index (χ1n) is 9.72. The first-order valence-corrected chi connectivity index (χ1v) is 10.5. The van der Waals surface area contributed by atoms with Crippen LogP contribution in [0.15, 0.2) is 78.9 Å². The molecule has 0 bridgehead atoms. The first-order chi connectivity index (χ1) is 15.2.